The molecule has 1 atom stereocenters. The number of nitrogens with zero attached hydrogens (tertiary/aromatic N) is 2. The second-order valence-electron chi connectivity index (χ2n) is 5.83. The van der Waals surface area contributed by atoms with Gasteiger partial charge in [0.2, 0.25) is 0 Å². The molecule has 3 aromatic rings. The van der Waals surface area contributed by atoms with Crippen molar-refractivity contribution in [3.8, 4) is 5.75 Å². The van der Waals surface area contributed by atoms with Crippen molar-refractivity contribution in [3.63, 3.8) is 0 Å². The maximum absolute atomic E-state index is 12.5. The van der Waals surface area contributed by atoms with Gasteiger partial charge in [-0.05, 0) is 42.3 Å². The second-order valence-corrected chi connectivity index (χ2v) is 6.26. The Labute approximate surface area is 150 Å². The fraction of sp³-hybridized carbons (Fsp3) is 0.263. The zero-order chi connectivity index (χ0) is 17.8. The van der Waals surface area contributed by atoms with Crippen molar-refractivity contribution in [1.29, 1.82) is 0 Å². The molecule has 130 valence electrons. The van der Waals surface area contributed by atoms with Crippen LogP contribution in [0.2, 0.25) is 5.02 Å². The van der Waals surface area contributed by atoms with Crippen molar-refractivity contribution in [2.75, 3.05) is 6.61 Å². The molecule has 0 radical (unpaired) electrons. The van der Waals surface area contributed by atoms with E-state index in [1.165, 1.54) is 16.5 Å². The zero-order valence-electron chi connectivity index (χ0n) is 13.9. The maximum atomic E-state index is 12.5. The van der Waals surface area contributed by atoms with Crippen LogP contribution in [-0.2, 0) is 13.0 Å². The van der Waals surface area contributed by atoms with Crippen LogP contribution in [-0.4, -0.2) is 27.4 Å². The summed E-state index contributed by atoms with van der Waals surface area (Å²) in [6.07, 6.45) is 1.56. The van der Waals surface area contributed by atoms with Crippen molar-refractivity contribution >= 4 is 22.5 Å². The van der Waals surface area contributed by atoms with Gasteiger partial charge in [0.1, 0.15) is 18.5 Å². The van der Waals surface area contributed by atoms with Crippen molar-refractivity contribution < 1.29 is 9.84 Å². The molecule has 0 spiro atoms. The lowest BCUT2D eigenvalue weighted by Gasteiger charge is -2.14. The summed E-state index contributed by atoms with van der Waals surface area (Å²) in [7, 11) is 0. The summed E-state index contributed by atoms with van der Waals surface area (Å²) < 4.78 is 6.95. The molecule has 25 heavy (non-hydrogen) atoms. The molecule has 0 fully saturated rings. The molecule has 5 nitrogen and oxygen atoms in total. The smallest absolute Gasteiger partial charge is 0.261 e. The average molecular weight is 359 g/mol. The fourth-order valence-electron chi connectivity index (χ4n) is 2.55. The minimum absolute atomic E-state index is 0.0888. The van der Waals surface area contributed by atoms with Crippen LogP contribution in [0.25, 0.3) is 10.9 Å². The maximum Gasteiger partial charge on any atom is 0.261 e. The number of hydrogen-bond donors (Lipinski definition) is 1. The predicted octanol–water partition coefficient (Wildman–Crippen LogP) is 3.05. The van der Waals surface area contributed by atoms with Crippen LogP contribution < -0.4 is 10.3 Å². The van der Waals surface area contributed by atoms with Gasteiger partial charge in [-0.15, -0.1) is 0 Å². The van der Waals surface area contributed by atoms with E-state index in [0.29, 0.717) is 21.7 Å². The molecule has 0 aliphatic heterocycles. The average Bonchev–Trinajstić information content (AvgIpc) is 2.63. The summed E-state index contributed by atoms with van der Waals surface area (Å²) in [6.45, 7) is 2.27. The Morgan fingerprint density at radius 3 is 2.72 bits per heavy atom. The largest absolute Gasteiger partial charge is 0.491 e. The van der Waals surface area contributed by atoms with Gasteiger partial charge < -0.3 is 9.84 Å². The normalized spacial score (nSPS) is 12.3. The lowest BCUT2D eigenvalue weighted by Crippen LogP contribution is -2.30. The molecule has 0 unspecified atom stereocenters. The molecule has 0 saturated carbocycles. The molecular weight excluding hydrogens is 340 g/mol. The Bertz CT molecular complexity index is 922. The number of benzene rings is 2. The third-order valence-electron chi connectivity index (χ3n) is 3.97. The van der Waals surface area contributed by atoms with Gasteiger partial charge in [0.05, 0.1) is 23.8 Å². The highest BCUT2D eigenvalue weighted by Crippen LogP contribution is 2.15. The number of ether oxygens (including phenoxy) is 1. The van der Waals surface area contributed by atoms with Crippen LogP contribution in [0.4, 0.5) is 0 Å². The predicted molar refractivity (Wildman–Crippen MR) is 98.3 cm³/mol. The summed E-state index contributed by atoms with van der Waals surface area (Å²) in [5.41, 5.74) is 1.56. The number of aryl methyl sites for hydroxylation is 1. The SMILES string of the molecule is CCc1ccc(OC[C@@H](O)Cn2cnc3ccc(Cl)cc3c2=O)cc1. The van der Waals surface area contributed by atoms with Gasteiger partial charge in [-0.3, -0.25) is 9.36 Å². The first-order valence-corrected chi connectivity index (χ1v) is 8.49. The lowest BCUT2D eigenvalue weighted by molar-refractivity contribution is 0.0915. The fourth-order valence-corrected chi connectivity index (χ4v) is 2.73. The first kappa shape index (κ1) is 17.5. The number of rotatable bonds is 6. The Hall–Kier alpha value is -2.37. The zero-order valence-corrected chi connectivity index (χ0v) is 14.6. The molecule has 0 bridgehead atoms. The van der Waals surface area contributed by atoms with Gasteiger partial charge in [0, 0.05) is 5.02 Å². The third-order valence-corrected chi connectivity index (χ3v) is 4.20. The quantitative estimate of drug-likeness (QED) is 0.735. The highest BCUT2D eigenvalue weighted by molar-refractivity contribution is 6.31. The van der Waals surface area contributed by atoms with Crippen molar-refractivity contribution in [1.82, 2.24) is 9.55 Å². The van der Waals surface area contributed by atoms with Gasteiger partial charge >= 0.3 is 0 Å². The summed E-state index contributed by atoms with van der Waals surface area (Å²) in [4.78, 5) is 16.7. The first-order chi connectivity index (χ1) is 12.1. The Kier molecular flexibility index (Phi) is 5.36. The van der Waals surface area contributed by atoms with Gasteiger partial charge in [0.15, 0.2) is 0 Å². The number of aliphatic hydroxyl groups is 1. The molecular formula is C19H19ClN2O3. The van der Waals surface area contributed by atoms with Gasteiger partial charge in [0.25, 0.3) is 5.56 Å². The highest BCUT2D eigenvalue weighted by atomic mass is 35.5. The Morgan fingerprint density at radius 2 is 2.00 bits per heavy atom. The van der Waals surface area contributed by atoms with E-state index in [0.717, 1.165) is 6.42 Å². The number of aromatic nitrogens is 2. The van der Waals surface area contributed by atoms with Crippen LogP contribution in [0.15, 0.2) is 53.6 Å². The summed E-state index contributed by atoms with van der Waals surface area (Å²) in [5.74, 6) is 0.687. The van der Waals surface area contributed by atoms with E-state index in [2.05, 4.69) is 11.9 Å². The van der Waals surface area contributed by atoms with Gasteiger partial charge in [-0.1, -0.05) is 30.7 Å². The summed E-state index contributed by atoms with van der Waals surface area (Å²) >= 11 is 5.94. The third kappa shape index (κ3) is 4.18. The van der Waals surface area contributed by atoms with E-state index in [9.17, 15) is 9.90 Å². The van der Waals surface area contributed by atoms with Crippen LogP contribution in [0, 0.1) is 0 Å². The van der Waals surface area contributed by atoms with Crippen LogP contribution in [0.3, 0.4) is 0 Å². The molecule has 0 amide bonds. The van der Waals surface area contributed by atoms with E-state index in [1.54, 1.807) is 18.2 Å². The standard InChI is InChI=1S/C19H19ClN2O3/c1-2-13-3-6-16(7-4-13)25-11-15(23)10-22-12-21-18-8-5-14(20)9-17(18)19(22)24/h3-9,12,15,23H,2,10-11H2,1H3/t15-/m0/s1. The minimum Gasteiger partial charge on any atom is -0.491 e. The van der Waals surface area contributed by atoms with Crippen LogP contribution >= 0.6 is 11.6 Å². The van der Waals surface area contributed by atoms with E-state index in [-0.39, 0.29) is 18.7 Å². The number of fused-ring (bicyclic) bond motifs is 1. The highest BCUT2D eigenvalue weighted by Gasteiger charge is 2.10. The van der Waals surface area contributed by atoms with E-state index < -0.39 is 6.10 Å². The molecule has 1 N–H and O–H groups in total. The molecule has 2 aromatic carbocycles. The lowest BCUT2D eigenvalue weighted by atomic mass is 10.2. The summed E-state index contributed by atoms with van der Waals surface area (Å²) in [5, 5.41) is 11.1. The molecule has 1 aromatic heterocycles. The number of hydrogen-bond acceptors (Lipinski definition) is 4. The number of aliphatic hydroxyl groups excluding tert-OH is 1. The monoisotopic (exact) mass is 358 g/mol. The molecule has 1 heterocycles. The van der Waals surface area contributed by atoms with Crippen LogP contribution in [0.1, 0.15) is 12.5 Å². The topological polar surface area (TPSA) is 64.3 Å². The second kappa shape index (κ2) is 7.68. The number of halogens is 1. The molecule has 0 saturated heterocycles. The van der Waals surface area contributed by atoms with E-state index >= 15 is 0 Å². The van der Waals surface area contributed by atoms with E-state index in [4.69, 9.17) is 16.3 Å². The van der Waals surface area contributed by atoms with Crippen molar-refractivity contribution in [2.45, 2.75) is 26.0 Å². The minimum atomic E-state index is -0.831. The van der Waals surface area contributed by atoms with Gasteiger partial charge in [-0.25, -0.2) is 4.98 Å². The van der Waals surface area contributed by atoms with Crippen LogP contribution in [0.5, 0.6) is 5.75 Å². The Balaban J connectivity index is 1.68. The molecule has 3 rings (SSSR count). The Morgan fingerprint density at radius 1 is 1.24 bits per heavy atom. The molecule has 0 aliphatic carbocycles. The summed E-state index contributed by atoms with van der Waals surface area (Å²) in [6, 6.07) is 12.7. The van der Waals surface area contributed by atoms with Crippen molar-refractivity contribution in [2.24, 2.45) is 0 Å². The van der Waals surface area contributed by atoms with Crippen molar-refractivity contribution in [3.05, 3.63) is 69.7 Å². The first-order valence-electron chi connectivity index (χ1n) is 8.11. The molecule has 6 heteroatoms. The van der Waals surface area contributed by atoms with E-state index in [1.807, 2.05) is 24.3 Å². The van der Waals surface area contributed by atoms with Gasteiger partial charge in [-0.2, -0.15) is 0 Å². The molecule has 0 aliphatic rings.